The zero-order valence-electron chi connectivity index (χ0n) is 13.9. The van der Waals surface area contributed by atoms with Gasteiger partial charge in [0, 0.05) is 17.2 Å². The van der Waals surface area contributed by atoms with Gasteiger partial charge in [0.2, 0.25) is 0 Å². The van der Waals surface area contributed by atoms with Crippen molar-refractivity contribution in [3.63, 3.8) is 0 Å². The Morgan fingerprint density at radius 1 is 1.17 bits per heavy atom. The zero-order chi connectivity index (χ0) is 16.5. The van der Waals surface area contributed by atoms with E-state index in [-0.39, 0.29) is 0 Å². The molecule has 124 valence electrons. The Kier molecular flexibility index (Phi) is 4.14. The Bertz CT molecular complexity index is 817. The van der Waals surface area contributed by atoms with Crippen LogP contribution in [-0.4, -0.2) is 19.9 Å². The lowest BCUT2D eigenvalue weighted by molar-refractivity contribution is 0.392. The highest BCUT2D eigenvalue weighted by Gasteiger charge is 2.30. The summed E-state index contributed by atoms with van der Waals surface area (Å²) in [5, 5.41) is 13.9. The molecule has 1 aliphatic carbocycles. The van der Waals surface area contributed by atoms with Crippen LogP contribution in [-0.2, 0) is 12.3 Å². The van der Waals surface area contributed by atoms with E-state index in [0.717, 1.165) is 40.3 Å². The molecular weight excluding hydrogens is 320 g/mol. The van der Waals surface area contributed by atoms with Crippen LogP contribution >= 0.6 is 11.8 Å². The van der Waals surface area contributed by atoms with Gasteiger partial charge >= 0.3 is 0 Å². The van der Waals surface area contributed by atoms with Gasteiger partial charge < -0.3 is 9.09 Å². The van der Waals surface area contributed by atoms with Gasteiger partial charge in [-0.15, -0.1) is 10.2 Å². The van der Waals surface area contributed by atoms with Crippen LogP contribution in [0, 0.1) is 13.8 Å². The van der Waals surface area contributed by atoms with Crippen LogP contribution in [0.5, 0.6) is 0 Å². The number of benzene rings is 1. The van der Waals surface area contributed by atoms with E-state index in [9.17, 15) is 0 Å². The molecule has 0 radical (unpaired) electrons. The van der Waals surface area contributed by atoms with Gasteiger partial charge in [0.25, 0.3) is 0 Å². The summed E-state index contributed by atoms with van der Waals surface area (Å²) in [6, 6.07) is 10.5. The van der Waals surface area contributed by atoms with Gasteiger partial charge in [0.15, 0.2) is 5.16 Å². The van der Waals surface area contributed by atoms with E-state index in [1.54, 1.807) is 11.8 Å². The standard InChI is InChI=1S/C18H20N4OS/c1-12-16(13(2)23-21-12)11-24-18-20-19-17(15-8-9-15)22(18)10-14-6-4-3-5-7-14/h3-7,15H,8-11H2,1-2H3. The van der Waals surface area contributed by atoms with E-state index in [2.05, 4.69) is 44.2 Å². The van der Waals surface area contributed by atoms with Crippen molar-refractivity contribution in [3.05, 3.63) is 58.7 Å². The number of rotatable bonds is 6. The molecular formula is C18H20N4OS. The van der Waals surface area contributed by atoms with Gasteiger partial charge in [-0.3, -0.25) is 0 Å². The van der Waals surface area contributed by atoms with Crippen molar-refractivity contribution < 1.29 is 4.52 Å². The van der Waals surface area contributed by atoms with E-state index in [1.165, 1.54) is 18.4 Å². The Labute approximate surface area is 145 Å². The summed E-state index contributed by atoms with van der Waals surface area (Å²) in [5.41, 5.74) is 3.39. The third kappa shape index (κ3) is 3.11. The topological polar surface area (TPSA) is 56.7 Å². The summed E-state index contributed by atoms with van der Waals surface area (Å²) < 4.78 is 7.53. The Balaban J connectivity index is 1.58. The predicted octanol–water partition coefficient (Wildman–Crippen LogP) is 4.10. The molecule has 0 amide bonds. The number of nitrogens with zero attached hydrogens (tertiary/aromatic N) is 4. The van der Waals surface area contributed by atoms with Crippen molar-refractivity contribution >= 4 is 11.8 Å². The maximum absolute atomic E-state index is 5.26. The molecule has 1 saturated carbocycles. The smallest absolute Gasteiger partial charge is 0.191 e. The second-order valence-corrected chi connectivity index (χ2v) is 7.22. The Morgan fingerprint density at radius 2 is 1.96 bits per heavy atom. The lowest BCUT2D eigenvalue weighted by Crippen LogP contribution is -2.06. The van der Waals surface area contributed by atoms with Gasteiger partial charge in [-0.25, -0.2) is 0 Å². The molecule has 0 saturated heterocycles. The summed E-state index contributed by atoms with van der Waals surface area (Å²) in [5.74, 6) is 3.39. The van der Waals surface area contributed by atoms with Crippen LogP contribution < -0.4 is 0 Å². The molecule has 0 atom stereocenters. The minimum absolute atomic E-state index is 0.578. The Morgan fingerprint density at radius 3 is 2.62 bits per heavy atom. The van der Waals surface area contributed by atoms with Gasteiger partial charge in [-0.2, -0.15) is 0 Å². The highest BCUT2D eigenvalue weighted by atomic mass is 32.2. The van der Waals surface area contributed by atoms with Crippen molar-refractivity contribution in [1.82, 2.24) is 19.9 Å². The summed E-state index contributed by atoms with van der Waals surface area (Å²) in [6.45, 7) is 4.76. The fourth-order valence-corrected chi connectivity index (χ4v) is 3.91. The van der Waals surface area contributed by atoms with Crippen molar-refractivity contribution in [1.29, 1.82) is 0 Å². The molecule has 3 aromatic rings. The maximum Gasteiger partial charge on any atom is 0.191 e. The lowest BCUT2D eigenvalue weighted by Gasteiger charge is -2.10. The molecule has 2 aromatic heterocycles. The molecule has 1 aliphatic rings. The van der Waals surface area contributed by atoms with E-state index < -0.39 is 0 Å². The number of aryl methyl sites for hydroxylation is 2. The lowest BCUT2D eigenvalue weighted by atomic mass is 10.2. The van der Waals surface area contributed by atoms with Crippen LogP contribution in [0.25, 0.3) is 0 Å². The quantitative estimate of drug-likeness (QED) is 0.632. The molecule has 24 heavy (non-hydrogen) atoms. The molecule has 0 bridgehead atoms. The fourth-order valence-electron chi connectivity index (χ4n) is 2.81. The maximum atomic E-state index is 5.26. The highest BCUT2D eigenvalue weighted by molar-refractivity contribution is 7.98. The van der Waals surface area contributed by atoms with Crippen LogP contribution in [0.3, 0.4) is 0 Å². The number of thioether (sulfide) groups is 1. The fraction of sp³-hybridized carbons (Fsp3) is 0.389. The molecule has 1 fully saturated rings. The third-order valence-corrected chi connectivity index (χ3v) is 5.39. The normalized spacial score (nSPS) is 14.2. The van der Waals surface area contributed by atoms with Gasteiger partial charge in [-0.05, 0) is 32.3 Å². The highest BCUT2D eigenvalue weighted by Crippen LogP contribution is 2.40. The molecule has 0 unspecified atom stereocenters. The van der Waals surface area contributed by atoms with Crippen LogP contribution in [0.4, 0.5) is 0 Å². The number of aromatic nitrogens is 4. The minimum Gasteiger partial charge on any atom is -0.361 e. The first-order valence-electron chi connectivity index (χ1n) is 8.24. The SMILES string of the molecule is Cc1noc(C)c1CSc1nnc(C2CC2)n1Cc1ccccc1. The second kappa shape index (κ2) is 6.43. The van der Waals surface area contributed by atoms with Crippen molar-refractivity contribution in [2.24, 2.45) is 0 Å². The van der Waals surface area contributed by atoms with Crippen molar-refractivity contribution in [2.75, 3.05) is 0 Å². The first-order chi connectivity index (χ1) is 11.7. The minimum atomic E-state index is 0.578. The molecule has 4 rings (SSSR count). The predicted molar refractivity (Wildman–Crippen MR) is 93.1 cm³/mol. The molecule has 0 spiro atoms. The van der Waals surface area contributed by atoms with E-state index in [0.29, 0.717) is 5.92 Å². The number of hydrogen-bond acceptors (Lipinski definition) is 5. The van der Waals surface area contributed by atoms with Gasteiger partial charge in [0.05, 0.1) is 12.2 Å². The Hall–Kier alpha value is -2.08. The monoisotopic (exact) mass is 340 g/mol. The first kappa shape index (κ1) is 15.4. The van der Waals surface area contributed by atoms with Crippen LogP contribution in [0.2, 0.25) is 0 Å². The van der Waals surface area contributed by atoms with E-state index in [4.69, 9.17) is 4.52 Å². The average molecular weight is 340 g/mol. The second-order valence-electron chi connectivity index (χ2n) is 6.28. The van der Waals surface area contributed by atoms with E-state index >= 15 is 0 Å². The van der Waals surface area contributed by atoms with Crippen molar-refractivity contribution in [3.8, 4) is 0 Å². The molecule has 0 N–H and O–H groups in total. The zero-order valence-corrected chi connectivity index (χ0v) is 14.7. The molecule has 5 nitrogen and oxygen atoms in total. The summed E-state index contributed by atoms with van der Waals surface area (Å²) >= 11 is 1.71. The van der Waals surface area contributed by atoms with Crippen LogP contribution in [0.15, 0.2) is 40.0 Å². The summed E-state index contributed by atoms with van der Waals surface area (Å²) in [6.07, 6.45) is 2.45. The van der Waals surface area contributed by atoms with Gasteiger partial charge in [-0.1, -0.05) is 47.3 Å². The molecule has 6 heteroatoms. The first-order valence-corrected chi connectivity index (χ1v) is 9.22. The molecule has 0 aliphatic heterocycles. The van der Waals surface area contributed by atoms with Crippen LogP contribution in [0.1, 0.15) is 47.2 Å². The average Bonchev–Trinajstić information content (AvgIpc) is 3.29. The molecule has 1 aromatic carbocycles. The van der Waals surface area contributed by atoms with E-state index in [1.807, 2.05) is 19.9 Å². The summed E-state index contributed by atoms with van der Waals surface area (Å²) in [7, 11) is 0. The number of hydrogen-bond donors (Lipinski definition) is 0. The van der Waals surface area contributed by atoms with Gasteiger partial charge in [0.1, 0.15) is 11.6 Å². The molecule has 2 heterocycles. The third-order valence-electron chi connectivity index (χ3n) is 4.40. The summed E-state index contributed by atoms with van der Waals surface area (Å²) in [4.78, 5) is 0. The largest absolute Gasteiger partial charge is 0.361 e. The van der Waals surface area contributed by atoms with Crippen molar-refractivity contribution in [2.45, 2.75) is 50.1 Å².